The van der Waals surface area contributed by atoms with Gasteiger partial charge in [-0.2, -0.15) is 0 Å². The Kier molecular flexibility index (Phi) is 5.15. The quantitative estimate of drug-likeness (QED) is 0.730. The molecule has 3 N–H and O–H groups in total. The van der Waals surface area contributed by atoms with E-state index >= 15 is 0 Å². The van der Waals surface area contributed by atoms with Gasteiger partial charge in [-0.1, -0.05) is 30.3 Å². The van der Waals surface area contributed by atoms with E-state index in [1.807, 2.05) is 30.3 Å². The first-order valence-electron chi connectivity index (χ1n) is 8.11. The molecule has 6 heteroatoms. The summed E-state index contributed by atoms with van der Waals surface area (Å²) in [5.41, 5.74) is 1.09. The number of hydrogen-bond donors (Lipinski definition) is 3. The van der Waals surface area contributed by atoms with E-state index in [0.29, 0.717) is 18.2 Å². The Hall–Kier alpha value is -2.76. The Morgan fingerprint density at radius 2 is 1.88 bits per heavy atom. The zero-order valence-corrected chi connectivity index (χ0v) is 13.3. The van der Waals surface area contributed by atoms with E-state index in [2.05, 4.69) is 16.0 Å². The predicted molar refractivity (Wildman–Crippen MR) is 89.0 cm³/mol. The summed E-state index contributed by atoms with van der Waals surface area (Å²) < 4.78 is 5.13. The lowest BCUT2D eigenvalue weighted by atomic mass is 10.0. The minimum atomic E-state index is -0.330. The molecule has 0 aliphatic heterocycles. The maximum absolute atomic E-state index is 12.1. The van der Waals surface area contributed by atoms with Crippen molar-refractivity contribution >= 4 is 11.9 Å². The molecule has 24 heavy (non-hydrogen) atoms. The van der Waals surface area contributed by atoms with Gasteiger partial charge in [-0.15, -0.1) is 0 Å². The number of urea groups is 1. The molecule has 126 valence electrons. The molecule has 0 saturated heterocycles. The van der Waals surface area contributed by atoms with Crippen LogP contribution in [0.25, 0.3) is 0 Å². The minimum Gasteiger partial charge on any atom is -0.467 e. The molecule has 0 radical (unpaired) electrons. The van der Waals surface area contributed by atoms with E-state index in [4.69, 9.17) is 4.42 Å². The fourth-order valence-corrected chi connectivity index (χ4v) is 2.58. The molecule has 1 aliphatic rings. The number of nitrogens with one attached hydrogen (secondary N) is 3. The average molecular weight is 327 g/mol. The first-order valence-corrected chi connectivity index (χ1v) is 8.11. The molecule has 3 amide bonds. The van der Waals surface area contributed by atoms with Gasteiger partial charge in [0.2, 0.25) is 5.91 Å². The summed E-state index contributed by atoms with van der Waals surface area (Å²) in [6, 6.07) is 13.1. The molecule has 0 spiro atoms. The zero-order valence-electron chi connectivity index (χ0n) is 13.3. The van der Waals surface area contributed by atoms with Crippen LogP contribution in [0.15, 0.2) is 53.1 Å². The van der Waals surface area contributed by atoms with Crippen molar-refractivity contribution in [3.8, 4) is 0 Å². The Morgan fingerprint density at radius 1 is 1.08 bits per heavy atom. The lowest BCUT2D eigenvalue weighted by molar-refractivity contribution is -0.120. The van der Waals surface area contributed by atoms with Crippen LogP contribution in [0.2, 0.25) is 0 Å². The van der Waals surface area contributed by atoms with Crippen LogP contribution in [0, 0.1) is 5.92 Å². The van der Waals surface area contributed by atoms with Gasteiger partial charge in [-0.05, 0) is 36.5 Å². The van der Waals surface area contributed by atoms with Crippen LogP contribution in [-0.4, -0.2) is 18.5 Å². The molecule has 1 aromatic carbocycles. The van der Waals surface area contributed by atoms with Gasteiger partial charge in [0, 0.05) is 0 Å². The van der Waals surface area contributed by atoms with E-state index in [-0.39, 0.29) is 24.5 Å². The standard InChI is InChI=1S/C18H21N3O3/c22-16(19-11-15-7-4-10-24-15)12-20-18(23)21-17(14-8-9-14)13-5-2-1-3-6-13/h1-7,10,14,17H,8-9,11-12H2,(H,19,22)(H2,20,21,23). The molecule has 1 fully saturated rings. The largest absolute Gasteiger partial charge is 0.467 e. The summed E-state index contributed by atoms with van der Waals surface area (Å²) in [5.74, 6) is 0.890. The lowest BCUT2D eigenvalue weighted by Gasteiger charge is -2.19. The molecule has 1 atom stereocenters. The van der Waals surface area contributed by atoms with Gasteiger partial charge >= 0.3 is 6.03 Å². The maximum Gasteiger partial charge on any atom is 0.315 e. The third kappa shape index (κ3) is 4.62. The van der Waals surface area contributed by atoms with Crippen molar-refractivity contribution in [3.63, 3.8) is 0 Å². The van der Waals surface area contributed by atoms with Crippen molar-refractivity contribution in [1.82, 2.24) is 16.0 Å². The van der Waals surface area contributed by atoms with Crippen LogP contribution in [0.4, 0.5) is 4.79 Å². The maximum atomic E-state index is 12.1. The number of rotatable bonds is 7. The number of furan rings is 1. The summed E-state index contributed by atoms with van der Waals surface area (Å²) >= 11 is 0. The van der Waals surface area contributed by atoms with E-state index in [0.717, 1.165) is 18.4 Å². The highest BCUT2D eigenvalue weighted by Gasteiger charge is 2.33. The second-order valence-electron chi connectivity index (χ2n) is 5.91. The summed E-state index contributed by atoms with van der Waals surface area (Å²) in [7, 11) is 0. The number of benzene rings is 1. The van der Waals surface area contributed by atoms with Crippen molar-refractivity contribution in [2.75, 3.05) is 6.54 Å². The van der Waals surface area contributed by atoms with E-state index in [1.165, 1.54) is 0 Å². The van der Waals surface area contributed by atoms with Gasteiger partial charge in [-0.3, -0.25) is 4.79 Å². The van der Waals surface area contributed by atoms with Gasteiger partial charge in [-0.25, -0.2) is 4.79 Å². The molecule has 1 saturated carbocycles. The van der Waals surface area contributed by atoms with Crippen LogP contribution in [-0.2, 0) is 11.3 Å². The van der Waals surface area contributed by atoms with Crippen LogP contribution >= 0.6 is 0 Å². The lowest BCUT2D eigenvalue weighted by Crippen LogP contribution is -2.43. The van der Waals surface area contributed by atoms with Crippen molar-refractivity contribution < 1.29 is 14.0 Å². The highest BCUT2D eigenvalue weighted by molar-refractivity contribution is 5.84. The van der Waals surface area contributed by atoms with Crippen molar-refractivity contribution in [2.45, 2.75) is 25.4 Å². The molecular weight excluding hydrogens is 306 g/mol. The molecule has 1 aliphatic carbocycles. The number of hydrogen-bond acceptors (Lipinski definition) is 3. The van der Waals surface area contributed by atoms with Gasteiger partial charge in [0.1, 0.15) is 5.76 Å². The van der Waals surface area contributed by atoms with E-state index in [1.54, 1.807) is 18.4 Å². The van der Waals surface area contributed by atoms with Gasteiger partial charge in [0.15, 0.2) is 0 Å². The Balaban J connectivity index is 1.43. The predicted octanol–water partition coefficient (Wildman–Crippen LogP) is 2.35. The molecule has 1 aromatic heterocycles. The number of amides is 3. The normalized spacial score (nSPS) is 14.7. The average Bonchev–Trinajstić information content (AvgIpc) is 3.31. The third-order valence-corrected chi connectivity index (χ3v) is 3.99. The molecule has 3 rings (SSSR count). The summed E-state index contributed by atoms with van der Waals surface area (Å²) in [4.78, 5) is 23.8. The van der Waals surface area contributed by atoms with Gasteiger partial charge in [0.25, 0.3) is 0 Å². The monoisotopic (exact) mass is 327 g/mol. The summed E-state index contributed by atoms with van der Waals surface area (Å²) in [6.45, 7) is 0.239. The highest BCUT2D eigenvalue weighted by atomic mass is 16.3. The Morgan fingerprint density at radius 3 is 2.54 bits per heavy atom. The molecule has 6 nitrogen and oxygen atoms in total. The second-order valence-corrected chi connectivity index (χ2v) is 5.91. The first kappa shape index (κ1) is 16.1. The topological polar surface area (TPSA) is 83.4 Å². The summed E-state index contributed by atoms with van der Waals surface area (Å²) in [6.07, 6.45) is 3.78. The van der Waals surface area contributed by atoms with Crippen molar-refractivity contribution in [3.05, 3.63) is 60.1 Å². The fourth-order valence-electron chi connectivity index (χ4n) is 2.58. The Bertz CT molecular complexity index is 666. The SMILES string of the molecule is O=C(CNC(=O)NC(c1ccccc1)C1CC1)NCc1ccco1. The fraction of sp³-hybridized carbons (Fsp3) is 0.333. The molecule has 1 unspecified atom stereocenters. The van der Waals surface area contributed by atoms with Crippen LogP contribution < -0.4 is 16.0 Å². The van der Waals surface area contributed by atoms with Gasteiger partial charge in [0.05, 0.1) is 25.4 Å². The van der Waals surface area contributed by atoms with Gasteiger partial charge < -0.3 is 20.4 Å². The zero-order chi connectivity index (χ0) is 16.8. The van der Waals surface area contributed by atoms with Crippen molar-refractivity contribution in [1.29, 1.82) is 0 Å². The molecule has 1 heterocycles. The summed E-state index contributed by atoms with van der Waals surface area (Å²) in [5, 5.41) is 8.26. The highest BCUT2D eigenvalue weighted by Crippen LogP contribution is 2.40. The van der Waals surface area contributed by atoms with Crippen LogP contribution in [0.1, 0.15) is 30.2 Å². The Labute approximate surface area is 140 Å². The molecular formula is C18H21N3O3. The second kappa shape index (κ2) is 7.68. The van der Waals surface area contributed by atoms with Crippen molar-refractivity contribution in [2.24, 2.45) is 5.92 Å². The number of carbonyl (C=O) groups excluding carboxylic acids is 2. The van der Waals surface area contributed by atoms with Crippen LogP contribution in [0.3, 0.4) is 0 Å². The number of carbonyl (C=O) groups is 2. The van der Waals surface area contributed by atoms with E-state index in [9.17, 15) is 9.59 Å². The van der Waals surface area contributed by atoms with Crippen LogP contribution in [0.5, 0.6) is 0 Å². The van der Waals surface area contributed by atoms with E-state index < -0.39 is 0 Å². The minimum absolute atomic E-state index is 0.00243. The molecule has 2 aromatic rings. The smallest absolute Gasteiger partial charge is 0.315 e. The molecule has 0 bridgehead atoms. The third-order valence-electron chi connectivity index (χ3n) is 3.99. The first-order chi connectivity index (χ1) is 11.7.